The minimum Gasteiger partial charge on any atom is -0.380 e. The van der Waals surface area contributed by atoms with Crippen LogP contribution in [0.2, 0.25) is 0 Å². The molecule has 1 aliphatic heterocycles. The fourth-order valence-electron chi connectivity index (χ4n) is 3.24. The van der Waals surface area contributed by atoms with Crippen LogP contribution in [-0.4, -0.2) is 60.7 Å². The van der Waals surface area contributed by atoms with Crippen LogP contribution in [0.3, 0.4) is 0 Å². The van der Waals surface area contributed by atoms with Gasteiger partial charge in [-0.05, 0) is 18.1 Å². The van der Waals surface area contributed by atoms with Crippen molar-refractivity contribution in [2.45, 2.75) is 26.6 Å². The fraction of sp³-hybridized carbons (Fsp3) is 0.500. The first kappa shape index (κ1) is 22.6. The van der Waals surface area contributed by atoms with E-state index in [0.717, 1.165) is 50.9 Å². The molecule has 0 spiro atoms. The highest BCUT2D eigenvalue weighted by atomic mass is 127. The highest BCUT2D eigenvalue weighted by molar-refractivity contribution is 14.0. The average molecular weight is 499 g/mol. The zero-order chi connectivity index (χ0) is 18.9. The standard InChI is InChI=1S/C20H29N5O2.HI/c1-3-21-20(22-14-17-5-4-6-18(13-17)16-26-2)25-10-8-24(9-11-25)15-19-7-12-27-23-19;/h4-7,12-13H,3,8-11,14-16H2,1-2H3,(H,21,22);1H. The quantitative estimate of drug-likeness (QED) is 0.359. The number of hydrogen-bond acceptors (Lipinski definition) is 5. The van der Waals surface area contributed by atoms with Crippen LogP contribution in [-0.2, 0) is 24.4 Å². The first-order valence-electron chi connectivity index (χ1n) is 9.50. The highest BCUT2D eigenvalue weighted by Gasteiger charge is 2.20. The van der Waals surface area contributed by atoms with Crippen LogP contribution in [0.4, 0.5) is 0 Å². The molecule has 1 aliphatic rings. The van der Waals surface area contributed by atoms with Crippen LogP contribution >= 0.6 is 24.0 Å². The van der Waals surface area contributed by atoms with Crippen molar-refractivity contribution < 1.29 is 9.26 Å². The number of hydrogen-bond donors (Lipinski definition) is 1. The molecule has 0 atom stereocenters. The van der Waals surface area contributed by atoms with Crippen molar-refractivity contribution in [3.8, 4) is 0 Å². The van der Waals surface area contributed by atoms with Gasteiger partial charge >= 0.3 is 0 Å². The SMILES string of the molecule is CCNC(=NCc1cccc(COC)c1)N1CCN(Cc2ccon2)CC1.I. The summed E-state index contributed by atoms with van der Waals surface area (Å²) in [5.74, 6) is 0.982. The predicted octanol–water partition coefficient (Wildman–Crippen LogP) is 2.72. The Labute approximate surface area is 184 Å². The number of aliphatic imine (C=N–C) groups is 1. The van der Waals surface area contributed by atoms with Crippen molar-refractivity contribution >= 4 is 29.9 Å². The number of nitrogens with one attached hydrogen (secondary N) is 1. The third-order valence-corrected chi connectivity index (χ3v) is 4.60. The van der Waals surface area contributed by atoms with Gasteiger partial charge in [0.2, 0.25) is 0 Å². The lowest BCUT2D eigenvalue weighted by atomic mass is 10.1. The molecule has 0 radical (unpaired) electrons. The molecule has 1 fully saturated rings. The van der Waals surface area contributed by atoms with E-state index in [2.05, 4.69) is 51.5 Å². The summed E-state index contributed by atoms with van der Waals surface area (Å²) in [5.41, 5.74) is 3.36. The Balaban J connectivity index is 0.00000280. The molecule has 3 rings (SSSR count). The Morgan fingerprint density at radius 3 is 2.68 bits per heavy atom. The van der Waals surface area contributed by atoms with Crippen LogP contribution in [0.5, 0.6) is 0 Å². The zero-order valence-corrected chi connectivity index (χ0v) is 19.0. The normalized spacial score (nSPS) is 15.4. The number of aromatic nitrogens is 1. The molecular formula is C20H30IN5O2. The summed E-state index contributed by atoms with van der Waals surface area (Å²) in [7, 11) is 1.72. The van der Waals surface area contributed by atoms with E-state index in [9.17, 15) is 0 Å². The number of halogens is 1. The van der Waals surface area contributed by atoms with Gasteiger partial charge in [-0.15, -0.1) is 24.0 Å². The second-order valence-corrected chi connectivity index (χ2v) is 6.68. The third kappa shape index (κ3) is 6.75. The molecule has 2 heterocycles. The second-order valence-electron chi connectivity index (χ2n) is 6.68. The lowest BCUT2D eigenvalue weighted by Crippen LogP contribution is -2.52. The number of benzene rings is 1. The van der Waals surface area contributed by atoms with Gasteiger partial charge in [0.05, 0.1) is 18.8 Å². The molecule has 0 saturated carbocycles. The maximum atomic E-state index is 5.22. The van der Waals surface area contributed by atoms with Crippen LogP contribution in [0.1, 0.15) is 23.7 Å². The number of rotatable bonds is 7. The molecule has 8 heteroatoms. The Kier molecular flexibility index (Phi) is 9.72. The van der Waals surface area contributed by atoms with Gasteiger partial charge in [-0.3, -0.25) is 4.90 Å². The van der Waals surface area contributed by atoms with Gasteiger partial charge in [0.25, 0.3) is 0 Å². The Hall–Kier alpha value is -1.65. The molecule has 1 aromatic heterocycles. The summed E-state index contributed by atoms with van der Waals surface area (Å²) < 4.78 is 10.1. The smallest absolute Gasteiger partial charge is 0.194 e. The maximum absolute atomic E-state index is 5.22. The average Bonchev–Trinajstić information content (AvgIpc) is 3.19. The first-order valence-corrected chi connectivity index (χ1v) is 9.50. The first-order chi connectivity index (χ1) is 13.3. The van der Waals surface area contributed by atoms with Gasteiger partial charge in [0.15, 0.2) is 5.96 Å². The number of guanidine groups is 1. The highest BCUT2D eigenvalue weighted by Crippen LogP contribution is 2.10. The summed E-state index contributed by atoms with van der Waals surface area (Å²) in [6, 6.07) is 10.3. The molecule has 0 amide bonds. The minimum atomic E-state index is 0. The van der Waals surface area contributed by atoms with Crippen molar-refractivity contribution in [3.63, 3.8) is 0 Å². The number of ether oxygens (including phenoxy) is 1. The van der Waals surface area contributed by atoms with E-state index in [1.165, 1.54) is 11.1 Å². The van der Waals surface area contributed by atoms with Gasteiger partial charge in [0.1, 0.15) is 6.26 Å². The van der Waals surface area contributed by atoms with Crippen LogP contribution < -0.4 is 5.32 Å². The summed E-state index contributed by atoms with van der Waals surface area (Å²) in [6.07, 6.45) is 1.63. The van der Waals surface area contributed by atoms with Crippen molar-refractivity contribution in [1.29, 1.82) is 0 Å². The molecule has 7 nitrogen and oxygen atoms in total. The predicted molar refractivity (Wildman–Crippen MR) is 121 cm³/mol. The molecule has 0 unspecified atom stereocenters. The van der Waals surface area contributed by atoms with Crippen LogP contribution in [0.25, 0.3) is 0 Å². The second kappa shape index (κ2) is 12.0. The largest absolute Gasteiger partial charge is 0.380 e. The summed E-state index contributed by atoms with van der Waals surface area (Å²) in [4.78, 5) is 9.58. The van der Waals surface area contributed by atoms with E-state index >= 15 is 0 Å². The minimum absolute atomic E-state index is 0. The Morgan fingerprint density at radius 1 is 1.21 bits per heavy atom. The van der Waals surface area contributed by atoms with Gasteiger partial charge in [-0.25, -0.2) is 4.99 Å². The van der Waals surface area contributed by atoms with Crippen LogP contribution in [0, 0.1) is 0 Å². The Bertz CT molecular complexity index is 715. The molecule has 0 bridgehead atoms. The molecule has 28 heavy (non-hydrogen) atoms. The number of nitrogens with zero attached hydrogens (tertiary/aromatic N) is 4. The van der Waals surface area contributed by atoms with Crippen molar-refractivity contribution in [2.75, 3.05) is 39.8 Å². The van der Waals surface area contributed by atoms with E-state index in [1.807, 2.05) is 6.07 Å². The number of piperazine rings is 1. The topological polar surface area (TPSA) is 66.1 Å². The summed E-state index contributed by atoms with van der Waals surface area (Å²) >= 11 is 0. The molecule has 154 valence electrons. The monoisotopic (exact) mass is 499 g/mol. The lowest BCUT2D eigenvalue weighted by molar-refractivity contribution is 0.169. The van der Waals surface area contributed by atoms with Crippen LogP contribution in [0.15, 0.2) is 46.1 Å². The van der Waals surface area contributed by atoms with E-state index in [-0.39, 0.29) is 24.0 Å². The van der Waals surface area contributed by atoms with E-state index in [1.54, 1.807) is 13.4 Å². The molecule has 1 N–H and O–H groups in total. The van der Waals surface area contributed by atoms with Gasteiger partial charge in [-0.2, -0.15) is 0 Å². The summed E-state index contributed by atoms with van der Waals surface area (Å²) in [5, 5.41) is 7.43. The van der Waals surface area contributed by atoms with Gasteiger partial charge < -0.3 is 19.5 Å². The van der Waals surface area contributed by atoms with Gasteiger partial charge in [-0.1, -0.05) is 29.4 Å². The fourth-order valence-corrected chi connectivity index (χ4v) is 3.24. The lowest BCUT2D eigenvalue weighted by Gasteiger charge is -2.36. The maximum Gasteiger partial charge on any atom is 0.194 e. The number of methoxy groups -OCH3 is 1. The molecule has 1 aromatic carbocycles. The molecule has 1 saturated heterocycles. The molecular weight excluding hydrogens is 469 g/mol. The summed E-state index contributed by atoms with van der Waals surface area (Å²) in [6.45, 7) is 8.98. The molecule has 2 aromatic rings. The third-order valence-electron chi connectivity index (χ3n) is 4.60. The van der Waals surface area contributed by atoms with Crippen molar-refractivity contribution in [1.82, 2.24) is 20.3 Å². The van der Waals surface area contributed by atoms with Gasteiger partial charge in [0, 0.05) is 52.4 Å². The Morgan fingerprint density at radius 2 is 2.00 bits per heavy atom. The van der Waals surface area contributed by atoms with E-state index < -0.39 is 0 Å². The van der Waals surface area contributed by atoms with Crippen molar-refractivity contribution in [3.05, 3.63) is 53.4 Å². The van der Waals surface area contributed by atoms with Crippen molar-refractivity contribution in [2.24, 2.45) is 4.99 Å². The van der Waals surface area contributed by atoms with E-state index in [4.69, 9.17) is 14.3 Å². The van der Waals surface area contributed by atoms with E-state index in [0.29, 0.717) is 13.2 Å². The molecule has 0 aliphatic carbocycles. The zero-order valence-electron chi connectivity index (χ0n) is 16.6.